The lowest BCUT2D eigenvalue weighted by molar-refractivity contribution is 0.0983. The average Bonchev–Trinajstić information content (AvgIpc) is 3.08. The van der Waals surface area contributed by atoms with Crippen LogP contribution < -0.4 is 4.90 Å². The molecule has 0 saturated heterocycles. The van der Waals surface area contributed by atoms with Gasteiger partial charge in [-0.2, -0.15) is 0 Å². The molecule has 1 amide bonds. The van der Waals surface area contributed by atoms with E-state index in [1.54, 1.807) is 4.90 Å². The summed E-state index contributed by atoms with van der Waals surface area (Å²) in [7, 11) is 0. The fraction of sp³-hybridized carbons (Fsp3) is 0.364. The first-order valence-corrected chi connectivity index (χ1v) is 10.5. The second-order valence-corrected chi connectivity index (χ2v) is 8.10. The first kappa shape index (κ1) is 21.3. The molecule has 0 fully saturated rings. The molecule has 154 valence electrons. The van der Waals surface area contributed by atoms with Gasteiger partial charge in [-0.15, -0.1) is 0 Å². The lowest BCUT2D eigenvalue weighted by Gasteiger charge is -2.25. The fourth-order valence-electron chi connectivity index (χ4n) is 3.38. The van der Waals surface area contributed by atoms with Crippen molar-refractivity contribution in [3.8, 4) is 0 Å². The van der Waals surface area contributed by atoms with Gasteiger partial charge in [0.2, 0.25) is 0 Å². The van der Waals surface area contributed by atoms with Crippen molar-refractivity contribution in [2.45, 2.75) is 27.7 Å². The molecule has 0 aliphatic heterocycles. The van der Waals surface area contributed by atoms with E-state index in [4.69, 9.17) is 0 Å². The molecular formula is C22H25F2N3OS. The van der Waals surface area contributed by atoms with E-state index >= 15 is 0 Å². The van der Waals surface area contributed by atoms with Gasteiger partial charge in [-0.25, -0.2) is 13.8 Å². The van der Waals surface area contributed by atoms with Crippen LogP contribution in [0.2, 0.25) is 0 Å². The summed E-state index contributed by atoms with van der Waals surface area (Å²) in [5.74, 6) is -1.56. The molecule has 2 aromatic carbocycles. The van der Waals surface area contributed by atoms with Crippen molar-refractivity contribution in [3.63, 3.8) is 0 Å². The quantitative estimate of drug-likeness (QED) is 0.531. The number of fused-ring (bicyclic) bond motifs is 1. The molecule has 0 atom stereocenters. The topological polar surface area (TPSA) is 36.4 Å². The lowest BCUT2D eigenvalue weighted by atomic mass is 10.1. The summed E-state index contributed by atoms with van der Waals surface area (Å²) < 4.78 is 28.2. The van der Waals surface area contributed by atoms with Gasteiger partial charge in [0.05, 0.1) is 4.70 Å². The third kappa shape index (κ3) is 4.79. The minimum Gasteiger partial charge on any atom is -0.302 e. The summed E-state index contributed by atoms with van der Waals surface area (Å²) in [6.07, 6.45) is 0. The van der Waals surface area contributed by atoms with Gasteiger partial charge in [0, 0.05) is 24.7 Å². The highest BCUT2D eigenvalue weighted by atomic mass is 32.1. The van der Waals surface area contributed by atoms with Gasteiger partial charge in [0.25, 0.3) is 5.91 Å². The minimum atomic E-state index is -0.718. The maximum Gasteiger partial charge on any atom is 0.260 e. The SMILES string of the molecule is CCN(CC)CCN(C(=O)c1cc(C)cc(C)c1)c1nc2c(F)cc(F)cc2s1. The molecule has 0 spiro atoms. The Bertz CT molecular complexity index is 1010. The average molecular weight is 418 g/mol. The summed E-state index contributed by atoms with van der Waals surface area (Å²) in [6.45, 7) is 10.8. The number of amides is 1. The number of anilines is 1. The monoisotopic (exact) mass is 417 g/mol. The van der Waals surface area contributed by atoms with Gasteiger partial charge in [-0.1, -0.05) is 42.4 Å². The molecule has 1 aromatic heterocycles. The zero-order chi connectivity index (χ0) is 21.1. The molecule has 0 unspecified atom stereocenters. The first-order valence-electron chi connectivity index (χ1n) is 9.70. The zero-order valence-electron chi connectivity index (χ0n) is 17.1. The third-order valence-corrected chi connectivity index (χ3v) is 5.91. The Kier molecular flexibility index (Phi) is 6.59. The molecule has 0 N–H and O–H groups in total. The summed E-state index contributed by atoms with van der Waals surface area (Å²) in [6, 6.07) is 7.76. The van der Waals surface area contributed by atoms with Crippen molar-refractivity contribution in [2.75, 3.05) is 31.1 Å². The Morgan fingerprint density at radius 1 is 1.00 bits per heavy atom. The maximum atomic E-state index is 14.2. The van der Waals surface area contributed by atoms with Crippen LogP contribution in [0, 0.1) is 25.5 Å². The number of carbonyl (C=O) groups excluding carboxylic acids is 1. The number of aryl methyl sites for hydroxylation is 2. The van der Waals surface area contributed by atoms with Crippen LogP contribution in [0.4, 0.5) is 13.9 Å². The normalized spacial score (nSPS) is 11.4. The standard InChI is InChI=1S/C22H25F2N3OS/c1-5-26(6-2)7-8-27(21(28)16-10-14(3)9-15(4)11-16)22-25-20-18(24)12-17(23)13-19(20)29-22/h9-13H,5-8H2,1-4H3. The van der Waals surface area contributed by atoms with Crippen molar-refractivity contribution < 1.29 is 13.6 Å². The number of halogens is 2. The van der Waals surface area contributed by atoms with Gasteiger partial charge in [0.15, 0.2) is 10.9 Å². The second-order valence-electron chi connectivity index (χ2n) is 7.09. The van der Waals surface area contributed by atoms with Crippen LogP contribution >= 0.6 is 11.3 Å². The highest BCUT2D eigenvalue weighted by Gasteiger charge is 2.23. The van der Waals surface area contributed by atoms with Gasteiger partial charge in [-0.3, -0.25) is 9.69 Å². The molecular weight excluding hydrogens is 392 g/mol. The van der Waals surface area contributed by atoms with Crippen LogP contribution in [-0.2, 0) is 0 Å². The lowest BCUT2D eigenvalue weighted by Crippen LogP contribution is -2.39. The number of hydrogen-bond donors (Lipinski definition) is 0. The van der Waals surface area contributed by atoms with Crippen molar-refractivity contribution in [3.05, 3.63) is 58.7 Å². The molecule has 0 aliphatic carbocycles. The summed E-state index contributed by atoms with van der Waals surface area (Å²) >= 11 is 1.13. The largest absolute Gasteiger partial charge is 0.302 e. The van der Waals surface area contributed by atoms with Crippen LogP contribution in [0.3, 0.4) is 0 Å². The number of carbonyl (C=O) groups is 1. The fourth-order valence-corrected chi connectivity index (χ4v) is 4.41. The summed E-state index contributed by atoms with van der Waals surface area (Å²) in [5, 5.41) is 0.376. The molecule has 3 rings (SSSR count). The van der Waals surface area contributed by atoms with Crippen LogP contribution in [0.5, 0.6) is 0 Å². The van der Waals surface area contributed by atoms with Crippen LogP contribution in [-0.4, -0.2) is 42.0 Å². The predicted octanol–water partition coefficient (Wildman–Crippen LogP) is 5.18. The van der Waals surface area contributed by atoms with Crippen LogP contribution in [0.25, 0.3) is 10.2 Å². The molecule has 3 aromatic rings. The van der Waals surface area contributed by atoms with E-state index in [0.717, 1.165) is 41.6 Å². The first-order chi connectivity index (χ1) is 13.8. The molecule has 4 nitrogen and oxygen atoms in total. The second kappa shape index (κ2) is 8.97. The van der Waals surface area contributed by atoms with Gasteiger partial charge in [0.1, 0.15) is 11.3 Å². The molecule has 0 radical (unpaired) electrons. The number of aromatic nitrogens is 1. The highest BCUT2D eigenvalue weighted by Crippen LogP contribution is 2.32. The zero-order valence-corrected chi connectivity index (χ0v) is 17.9. The van der Waals surface area contributed by atoms with Crippen molar-refractivity contribution >= 4 is 32.6 Å². The molecule has 29 heavy (non-hydrogen) atoms. The summed E-state index contributed by atoms with van der Waals surface area (Å²) in [5.41, 5.74) is 2.64. The van der Waals surface area contributed by atoms with E-state index in [0.29, 0.717) is 28.5 Å². The molecule has 1 heterocycles. The Hall–Kier alpha value is -2.38. The molecule has 0 aliphatic rings. The molecule has 7 heteroatoms. The number of thiazole rings is 1. The predicted molar refractivity (Wildman–Crippen MR) is 115 cm³/mol. The van der Waals surface area contributed by atoms with Crippen LogP contribution in [0.1, 0.15) is 35.3 Å². The number of nitrogens with zero attached hydrogens (tertiary/aromatic N) is 3. The van der Waals surface area contributed by atoms with E-state index in [1.807, 2.05) is 32.0 Å². The van der Waals surface area contributed by atoms with E-state index in [1.165, 1.54) is 6.07 Å². The number of likely N-dealkylation sites (N-methyl/N-ethyl adjacent to an activating group) is 1. The molecule has 0 bridgehead atoms. The van der Waals surface area contributed by atoms with Crippen molar-refractivity contribution in [1.82, 2.24) is 9.88 Å². The van der Waals surface area contributed by atoms with Crippen LogP contribution in [0.15, 0.2) is 30.3 Å². The van der Waals surface area contributed by atoms with Gasteiger partial charge < -0.3 is 4.90 Å². The minimum absolute atomic E-state index is 0.0902. The van der Waals surface area contributed by atoms with Crippen molar-refractivity contribution in [1.29, 1.82) is 0 Å². The Morgan fingerprint density at radius 2 is 1.66 bits per heavy atom. The van der Waals surface area contributed by atoms with Gasteiger partial charge in [-0.05, 0) is 45.1 Å². The Labute approximate surface area is 173 Å². The maximum absolute atomic E-state index is 14.2. The third-order valence-electron chi connectivity index (χ3n) is 4.88. The Morgan fingerprint density at radius 3 is 2.28 bits per heavy atom. The highest BCUT2D eigenvalue weighted by molar-refractivity contribution is 7.22. The van der Waals surface area contributed by atoms with E-state index in [9.17, 15) is 13.6 Å². The number of benzene rings is 2. The summed E-state index contributed by atoms with van der Waals surface area (Å²) in [4.78, 5) is 21.5. The van der Waals surface area contributed by atoms with E-state index in [-0.39, 0.29) is 11.4 Å². The Balaban J connectivity index is 2.02. The van der Waals surface area contributed by atoms with E-state index < -0.39 is 11.6 Å². The number of rotatable bonds is 7. The number of hydrogen-bond acceptors (Lipinski definition) is 4. The van der Waals surface area contributed by atoms with E-state index in [2.05, 4.69) is 23.7 Å². The molecule has 0 saturated carbocycles. The van der Waals surface area contributed by atoms with Gasteiger partial charge >= 0.3 is 0 Å². The van der Waals surface area contributed by atoms with Crippen molar-refractivity contribution in [2.24, 2.45) is 0 Å². The smallest absolute Gasteiger partial charge is 0.260 e.